The summed E-state index contributed by atoms with van der Waals surface area (Å²) in [6.45, 7) is 4.25. The molecule has 1 heterocycles. The number of hydrogen-bond acceptors (Lipinski definition) is 5. The molecule has 6 heteroatoms. The number of methoxy groups -OCH3 is 1. The lowest BCUT2D eigenvalue weighted by Gasteiger charge is -2.07. The molecule has 5 nitrogen and oxygen atoms in total. The Hall–Kier alpha value is -0.720. The molecule has 0 aromatic carbocycles. The molecule has 0 unspecified atom stereocenters. The van der Waals surface area contributed by atoms with Crippen molar-refractivity contribution in [2.24, 2.45) is 0 Å². The van der Waals surface area contributed by atoms with E-state index in [1.54, 1.807) is 13.2 Å². The standard InChI is InChI=1S/C11H17BrN2O3/c1-9-13-10(12)8-11(14-9)17-7-6-16-5-3-4-15-2/h8H,3-7H2,1-2H3. The second-order valence-electron chi connectivity index (χ2n) is 3.38. The lowest BCUT2D eigenvalue weighted by atomic mass is 10.5. The van der Waals surface area contributed by atoms with Gasteiger partial charge in [0.2, 0.25) is 5.88 Å². The molecule has 0 atom stereocenters. The maximum atomic E-state index is 5.44. The van der Waals surface area contributed by atoms with Crippen molar-refractivity contribution in [1.29, 1.82) is 0 Å². The molecule has 0 bridgehead atoms. The Kier molecular flexibility index (Phi) is 7.07. The van der Waals surface area contributed by atoms with Crippen LogP contribution in [0.4, 0.5) is 0 Å². The number of rotatable bonds is 8. The Morgan fingerprint density at radius 1 is 1.18 bits per heavy atom. The zero-order valence-corrected chi connectivity index (χ0v) is 11.7. The molecule has 17 heavy (non-hydrogen) atoms. The summed E-state index contributed by atoms with van der Waals surface area (Å²) >= 11 is 3.29. The zero-order valence-electron chi connectivity index (χ0n) is 10.1. The van der Waals surface area contributed by atoms with E-state index in [-0.39, 0.29) is 0 Å². The van der Waals surface area contributed by atoms with Crippen LogP contribution >= 0.6 is 15.9 Å². The van der Waals surface area contributed by atoms with Gasteiger partial charge in [-0.15, -0.1) is 0 Å². The Morgan fingerprint density at radius 3 is 2.71 bits per heavy atom. The first-order valence-electron chi connectivity index (χ1n) is 5.43. The van der Waals surface area contributed by atoms with Gasteiger partial charge < -0.3 is 14.2 Å². The van der Waals surface area contributed by atoms with E-state index in [1.807, 2.05) is 6.92 Å². The van der Waals surface area contributed by atoms with Gasteiger partial charge in [0.05, 0.1) is 6.61 Å². The van der Waals surface area contributed by atoms with Crippen molar-refractivity contribution < 1.29 is 14.2 Å². The molecule has 0 saturated heterocycles. The average molecular weight is 305 g/mol. The summed E-state index contributed by atoms with van der Waals surface area (Å²) in [5.41, 5.74) is 0. The van der Waals surface area contributed by atoms with E-state index in [0.29, 0.717) is 31.5 Å². The van der Waals surface area contributed by atoms with E-state index in [9.17, 15) is 0 Å². The van der Waals surface area contributed by atoms with E-state index in [2.05, 4.69) is 25.9 Å². The predicted octanol–water partition coefficient (Wildman–Crippen LogP) is 1.98. The predicted molar refractivity (Wildman–Crippen MR) is 67.3 cm³/mol. The summed E-state index contributed by atoms with van der Waals surface area (Å²) in [5, 5.41) is 0. The maximum absolute atomic E-state index is 5.44. The SMILES string of the molecule is COCCCOCCOc1cc(Br)nc(C)n1. The molecule has 1 rings (SSSR count). The first kappa shape index (κ1) is 14.3. The molecule has 0 radical (unpaired) electrons. The fourth-order valence-corrected chi connectivity index (χ4v) is 1.64. The fourth-order valence-electron chi connectivity index (χ4n) is 1.19. The van der Waals surface area contributed by atoms with Crippen molar-refractivity contribution in [3.63, 3.8) is 0 Å². The number of aryl methyl sites for hydroxylation is 1. The number of ether oxygens (including phenoxy) is 3. The highest BCUT2D eigenvalue weighted by molar-refractivity contribution is 9.10. The summed E-state index contributed by atoms with van der Waals surface area (Å²) in [7, 11) is 1.68. The molecule has 0 aliphatic heterocycles. The Bertz CT molecular complexity index is 316. The van der Waals surface area contributed by atoms with Gasteiger partial charge >= 0.3 is 0 Å². The van der Waals surface area contributed by atoms with Gasteiger partial charge in [0.25, 0.3) is 0 Å². The largest absolute Gasteiger partial charge is 0.475 e. The van der Waals surface area contributed by atoms with Crippen molar-refractivity contribution in [1.82, 2.24) is 9.97 Å². The van der Waals surface area contributed by atoms with Gasteiger partial charge in [-0.25, -0.2) is 4.98 Å². The Morgan fingerprint density at radius 2 is 2.00 bits per heavy atom. The fraction of sp³-hybridized carbons (Fsp3) is 0.636. The third kappa shape index (κ3) is 6.55. The van der Waals surface area contributed by atoms with Gasteiger partial charge in [0.1, 0.15) is 17.0 Å². The van der Waals surface area contributed by atoms with Crippen LogP contribution in [0.2, 0.25) is 0 Å². The molecule has 0 fully saturated rings. The molecular formula is C11H17BrN2O3. The normalized spacial score (nSPS) is 10.5. The number of nitrogens with zero attached hydrogens (tertiary/aromatic N) is 2. The van der Waals surface area contributed by atoms with Gasteiger partial charge in [-0.1, -0.05) is 0 Å². The third-order valence-corrected chi connectivity index (χ3v) is 2.30. The van der Waals surface area contributed by atoms with Crippen LogP contribution in [0, 0.1) is 6.92 Å². The van der Waals surface area contributed by atoms with Crippen LogP contribution in [0.1, 0.15) is 12.2 Å². The molecule has 0 N–H and O–H groups in total. The van der Waals surface area contributed by atoms with Gasteiger partial charge in [0.15, 0.2) is 0 Å². The molecule has 0 amide bonds. The van der Waals surface area contributed by atoms with Gasteiger partial charge in [-0.2, -0.15) is 4.98 Å². The number of aromatic nitrogens is 2. The lowest BCUT2D eigenvalue weighted by Crippen LogP contribution is -2.09. The minimum absolute atomic E-state index is 0.482. The van der Waals surface area contributed by atoms with E-state index in [4.69, 9.17) is 14.2 Å². The summed E-state index contributed by atoms with van der Waals surface area (Å²) < 4.78 is 16.4. The zero-order chi connectivity index (χ0) is 12.5. The molecule has 0 aliphatic carbocycles. The smallest absolute Gasteiger partial charge is 0.217 e. The van der Waals surface area contributed by atoms with Gasteiger partial charge in [-0.3, -0.25) is 0 Å². The van der Waals surface area contributed by atoms with Crippen molar-refractivity contribution in [3.8, 4) is 5.88 Å². The summed E-state index contributed by atoms with van der Waals surface area (Å²) in [6.07, 6.45) is 0.897. The monoisotopic (exact) mass is 304 g/mol. The minimum atomic E-state index is 0.482. The van der Waals surface area contributed by atoms with Crippen LogP contribution in [-0.4, -0.2) is 43.5 Å². The van der Waals surface area contributed by atoms with Gasteiger partial charge in [0, 0.05) is 26.4 Å². The number of halogens is 1. The topological polar surface area (TPSA) is 53.5 Å². The second kappa shape index (κ2) is 8.38. The third-order valence-electron chi connectivity index (χ3n) is 1.90. The van der Waals surface area contributed by atoms with Crippen molar-refractivity contribution in [3.05, 3.63) is 16.5 Å². The van der Waals surface area contributed by atoms with E-state index in [0.717, 1.165) is 17.6 Å². The van der Waals surface area contributed by atoms with Crippen molar-refractivity contribution in [2.45, 2.75) is 13.3 Å². The summed E-state index contributed by atoms with van der Waals surface area (Å²) in [4.78, 5) is 8.24. The Labute approximate surface area is 110 Å². The van der Waals surface area contributed by atoms with E-state index >= 15 is 0 Å². The van der Waals surface area contributed by atoms with Crippen LogP contribution in [0.25, 0.3) is 0 Å². The Balaban J connectivity index is 2.13. The average Bonchev–Trinajstić information content (AvgIpc) is 2.26. The molecule has 0 spiro atoms. The maximum Gasteiger partial charge on any atom is 0.217 e. The molecular weight excluding hydrogens is 288 g/mol. The highest BCUT2D eigenvalue weighted by atomic mass is 79.9. The van der Waals surface area contributed by atoms with Crippen molar-refractivity contribution in [2.75, 3.05) is 33.5 Å². The second-order valence-corrected chi connectivity index (χ2v) is 4.20. The molecule has 1 aromatic heterocycles. The van der Waals surface area contributed by atoms with Crippen LogP contribution in [0.5, 0.6) is 5.88 Å². The van der Waals surface area contributed by atoms with E-state index in [1.165, 1.54) is 0 Å². The van der Waals surface area contributed by atoms with Crippen LogP contribution in [0.15, 0.2) is 10.7 Å². The lowest BCUT2D eigenvalue weighted by molar-refractivity contribution is 0.0794. The van der Waals surface area contributed by atoms with Crippen LogP contribution < -0.4 is 4.74 Å². The highest BCUT2D eigenvalue weighted by Crippen LogP contribution is 2.13. The van der Waals surface area contributed by atoms with Gasteiger partial charge in [-0.05, 0) is 29.3 Å². The molecule has 1 aromatic rings. The first-order chi connectivity index (χ1) is 8.22. The molecule has 0 saturated carbocycles. The first-order valence-corrected chi connectivity index (χ1v) is 6.22. The molecule has 0 aliphatic rings. The van der Waals surface area contributed by atoms with Crippen molar-refractivity contribution >= 4 is 15.9 Å². The minimum Gasteiger partial charge on any atom is -0.475 e. The quantitative estimate of drug-likeness (QED) is 0.543. The molecule has 96 valence electrons. The number of hydrogen-bond donors (Lipinski definition) is 0. The van der Waals surface area contributed by atoms with Crippen LogP contribution in [-0.2, 0) is 9.47 Å². The summed E-state index contributed by atoms with van der Waals surface area (Å²) in [5.74, 6) is 1.24. The van der Waals surface area contributed by atoms with Crippen LogP contribution in [0.3, 0.4) is 0 Å². The van der Waals surface area contributed by atoms with E-state index < -0.39 is 0 Å². The highest BCUT2D eigenvalue weighted by Gasteiger charge is 2.00. The summed E-state index contributed by atoms with van der Waals surface area (Å²) in [6, 6.07) is 1.73.